The van der Waals surface area contributed by atoms with E-state index in [1.807, 2.05) is 7.05 Å². The Morgan fingerprint density at radius 3 is 1.96 bits per heavy atom. The first-order chi connectivity index (χ1) is 11.1. The van der Waals surface area contributed by atoms with Gasteiger partial charge in [-0.3, -0.25) is 9.69 Å². The fourth-order valence-electron chi connectivity index (χ4n) is 2.90. The number of unbranched alkanes of at least 4 members (excludes halogenated alkanes) is 8. The van der Waals surface area contributed by atoms with Crippen molar-refractivity contribution in [1.29, 1.82) is 0 Å². The molecule has 3 heteroatoms. The van der Waals surface area contributed by atoms with Gasteiger partial charge in [-0.2, -0.15) is 0 Å². The summed E-state index contributed by atoms with van der Waals surface area (Å²) >= 11 is 0. The number of nitrogens with one attached hydrogen (secondary N) is 1. The van der Waals surface area contributed by atoms with Gasteiger partial charge in [-0.15, -0.1) is 0 Å². The van der Waals surface area contributed by atoms with Crippen molar-refractivity contribution in [2.24, 2.45) is 5.92 Å². The maximum absolute atomic E-state index is 11.7. The number of carbonyl (C=O) groups is 1. The number of rotatable bonds is 16. The molecule has 0 atom stereocenters. The lowest BCUT2D eigenvalue weighted by Gasteiger charge is -2.14. The fourth-order valence-corrected chi connectivity index (χ4v) is 2.90. The van der Waals surface area contributed by atoms with Gasteiger partial charge in [0.25, 0.3) is 0 Å². The Morgan fingerprint density at radius 2 is 1.43 bits per heavy atom. The molecule has 0 unspecified atom stereocenters. The highest BCUT2D eigenvalue weighted by Gasteiger charge is 2.04. The summed E-state index contributed by atoms with van der Waals surface area (Å²) in [5.74, 6) is 1.03. The zero-order valence-electron chi connectivity index (χ0n) is 16.3. The molecule has 23 heavy (non-hydrogen) atoms. The smallest absolute Gasteiger partial charge is 0.234 e. The molecule has 0 aromatic heterocycles. The van der Waals surface area contributed by atoms with E-state index < -0.39 is 0 Å². The maximum atomic E-state index is 11.7. The Morgan fingerprint density at radius 1 is 0.913 bits per heavy atom. The third-order valence-corrected chi connectivity index (χ3v) is 4.30. The van der Waals surface area contributed by atoms with Gasteiger partial charge in [0.05, 0.1) is 6.54 Å². The molecule has 1 N–H and O–H groups in total. The van der Waals surface area contributed by atoms with Crippen LogP contribution in [0, 0.1) is 5.92 Å². The van der Waals surface area contributed by atoms with Crippen molar-refractivity contribution in [3.05, 3.63) is 0 Å². The van der Waals surface area contributed by atoms with Gasteiger partial charge >= 0.3 is 0 Å². The number of likely N-dealkylation sites (N-methyl/N-ethyl adjacent to an activating group) is 1. The van der Waals surface area contributed by atoms with Gasteiger partial charge in [-0.05, 0) is 32.4 Å². The first-order valence-corrected chi connectivity index (χ1v) is 10.0. The lowest BCUT2D eigenvalue weighted by atomic mass is 10.0. The standard InChI is InChI=1S/C20H42N2O/c1-5-17-22(4)18-20(23)21-16-14-12-10-8-6-7-9-11-13-15-19(2)3/h19H,5-18H2,1-4H3,(H,21,23). The molecule has 0 saturated carbocycles. The largest absolute Gasteiger partial charge is 0.355 e. The third-order valence-electron chi connectivity index (χ3n) is 4.30. The predicted octanol–water partition coefficient (Wildman–Crippen LogP) is 5.00. The highest BCUT2D eigenvalue weighted by Crippen LogP contribution is 2.12. The van der Waals surface area contributed by atoms with Crippen LogP contribution in [0.25, 0.3) is 0 Å². The second kappa shape index (κ2) is 16.3. The minimum atomic E-state index is 0.169. The molecule has 0 saturated heterocycles. The Labute approximate surface area is 145 Å². The highest BCUT2D eigenvalue weighted by atomic mass is 16.2. The molecule has 0 rings (SSSR count). The van der Waals surface area contributed by atoms with Crippen molar-refractivity contribution in [2.75, 3.05) is 26.7 Å². The van der Waals surface area contributed by atoms with E-state index in [0.717, 1.165) is 31.8 Å². The molecule has 0 aliphatic rings. The van der Waals surface area contributed by atoms with Crippen molar-refractivity contribution in [3.8, 4) is 0 Å². The second-order valence-corrected chi connectivity index (χ2v) is 7.45. The molecule has 0 aromatic rings. The van der Waals surface area contributed by atoms with Crippen LogP contribution in [-0.4, -0.2) is 37.5 Å². The number of amides is 1. The van der Waals surface area contributed by atoms with E-state index in [1.165, 1.54) is 57.8 Å². The van der Waals surface area contributed by atoms with Crippen LogP contribution in [0.15, 0.2) is 0 Å². The minimum Gasteiger partial charge on any atom is -0.355 e. The topological polar surface area (TPSA) is 32.3 Å². The van der Waals surface area contributed by atoms with Gasteiger partial charge in [0.1, 0.15) is 0 Å². The summed E-state index contributed by atoms with van der Waals surface area (Å²) in [5, 5.41) is 3.03. The maximum Gasteiger partial charge on any atom is 0.234 e. The number of hydrogen-bond acceptors (Lipinski definition) is 2. The first kappa shape index (κ1) is 22.4. The predicted molar refractivity (Wildman–Crippen MR) is 102 cm³/mol. The lowest BCUT2D eigenvalue weighted by Crippen LogP contribution is -2.35. The van der Waals surface area contributed by atoms with Crippen LogP contribution in [0.5, 0.6) is 0 Å². The van der Waals surface area contributed by atoms with E-state index in [2.05, 4.69) is 31.0 Å². The van der Waals surface area contributed by atoms with Gasteiger partial charge in [-0.25, -0.2) is 0 Å². The summed E-state index contributed by atoms with van der Waals surface area (Å²) in [5.41, 5.74) is 0. The van der Waals surface area contributed by atoms with Crippen molar-refractivity contribution in [3.63, 3.8) is 0 Å². The highest BCUT2D eigenvalue weighted by molar-refractivity contribution is 5.77. The van der Waals surface area contributed by atoms with Crippen LogP contribution in [0.3, 0.4) is 0 Å². The summed E-state index contributed by atoms with van der Waals surface area (Å²) in [7, 11) is 2.01. The number of carbonyl (C=O) groups excluding carboxylic acids is 1. The fraction of sp³-hybridized carbons (Fsp3) is 0.950. The van der Waals surface area contributed by atoms with Crippen LogP contribution < -0.4 is 5.32 Å². The minimum absolute atomic E-state index is 0.169. The Bertz CT molecular complexity index is 266. The van der Waals surface area contributed by atoms with Gasteiger partial charge < -0.3 is 5.32 Å². The second-order valence-electron chi connectivity index (χ2n) is 7.45. The Kier molecular flexibility index (Phi) is 15.9. The molecule has 0 aliphatic carbocycles. The molecule has 0 aliphatic heterocycles. The molecule has 0 bridgehead atoms. The van der Waals surface area contributed by atoms with Crippen LogP contribution in [-0.2, 0) is 4.79 Å². The summed E-state index contributed by atoms with van der Waals surface area (Å²) in [4.78, 5) is 13.8. The Hall–Kier alpha value is -0.570. The molecule has 1 amide bonds. The van der Waals surface area contributed by atoms with Gasteiger partial charge in [0, 0.05) is 6.54 Å². The summed E-state index contributed by atoms with van der Waals surface area (Å²) in [6, 6.07) is 0. The van der Waals surface area contributed by atoms with Crippen LogP contribution in [0.4, 0.5) is 0 Å². The van der Waals surface area contributed by atoms with Gasteiger partial charge in [-0.1, -0.05) is 78.6 Å². The van der Waals surface area contributed by atoms with E-state index in [4.69, 9.17) is 0 Å². The molecule has 3 nitrogen and oxygen atoms in total. The molecule has 138 valence electrons. The molecule has 0 fully saturated rings. The SMILES string of the molecule is CCCN(C)CC(=O)NCCCCCCCCCCCC(C)C. The molecular weight excluding hydrogens is 284 g/mol. The Balaban J connectivity index is 3.20. The van der Waals surface area contributed by atoms with E-state index in [1.54, 1.807) is 0 Å². The molecule has 0 aromatic carbocycles. The first-order valence-electron chi connectivity index (χ1n) is 10.0. The molecule has 0 radical (unpaired) electrons. The van der Waals surface area contributed by atoms with E-state index in [0.29, 0.717) is 6.54 Å². The number of nitrogens with zero attached hydrogens (tertiary/aromatic N) is 1. The lowest BCUT2D eigenvalue weighted by molar-refractivity contribution is -0.121. The molecular formula is C20H42N2O. The average Bonchev–Trinajstić information content (AvgIpc) is 2.48. The van der Waals surface area contributed by atoms with Gasteiger partial charge in [0.2, 0.25) is 5.91 Å². The van der Waals surface area contributed by atoms with Crippen LogP contribution in [0.2, 0.25) is 0 Å². The molecule has 0 heterocycles. The van der Waals surface area contributed by atoms with Crippen molar-refractivity contribution < 1.29 is 4.79 Å². The normalized spacial score (nSPS) is 11.4. The van der Waals surface area contributed by atoms with Crippen LogP contribution in [0.1, 0.15) is 91.4 Å². The van der Waals surface area contributed by atoms with Crippen molar-refractivity contribution in [1.82, 2.24) is 10.2 Å². The summed E-state index contributed by atoms with van der Waals surface area (Å²) in [6.07, 6.45) is 14.6. The summed E-state index contributed by atoms with van der Waals surface area (Å²) in [6.45, 7) is 9.13. The molecule has 0 spiro atoms. The van der Waals surface area contributed by atoms with E-state index in [9.17, 15) is 4.79 Å². The number of hydrogen-bond donors (Lipinski definition) is 1. The van der Waals surface area contributed by atoms with Crippen molar-refractivity contribution in [2.45, 2.75) is 91.4 Å². The zero-order chi connectivity index (χ0) is 17.3. The summed E-state index contributed by atoms with van der Waals surface area (Å²) < 4.78 is 0. The van der Waals surface area contributed by atoms with E-state index in [-0.39, 0.29) is 5.91 Å². The van der Waals surface area contributed by atoms with Crippen molar-refractivity contribution >= 4 is 5.91 Å². The zero-order valence-corrected chi connectivity index (χ0v) is 16.3. The average molecular weight is 327 g/mol. The third kappa shape index (κ3) is 17.6. The quantitative estimate of drug-likeness (QED) is 0.405. The van der Waals surface area contributed by atoms with E-state index >= 15 is 0 Å². The van der Waals surface area contributed by atoms with Gasteiger partial charge in [0.15, 0.2) is 0 Å². The van der Waals surface area contributed by atoms with Crippen LogP contribution >= 0.6 is 0 Å². The monoisotopic (exact) mass is 326 g/mol.